The first-order valence-corrected chi connectivity index (χ1v) is 8.77. The lowest BCUT2D eigenvalue weighted by Crippen LogP contribution is -2.36. The molecular formula is C15H19N3O4S. The van der Waals surface area contributed by atoms with Crippen LogP contribution >= 0.6 is 0 Å². The molecular weight excluding hydrogens is 318 g/mol. The van der Waals surface area contributed by atoms with E-state index in [2.05, 4.69) is 4.98 Å². The number of carbonyl (C=O) groups is 1. The second-order valence-corrected chi connectivity index (χ2v) is 8.49. The van der Waals surface area contributed by atoms with Crippen molar-refractivity contribution in [1.29, 1.82) is 5.26 Å². The van der Waals surface area contributed by atoms with E-state index in [0.29, 0.717) is 13.0 Å². The van der Waals surface area contributed by atoms with Gasteiger partial charge in [0.05, 0.1) is 10.8 Å². The lowest BCUT2D eigenvalue weighted by molar-refractivity contribution is 0.0295. The molecule has 0 unspecified atom stereocenters. The molecule has 0 aromatic carbocycles. The van der Waals surface area contributed by atoms with Crippen molar-refractivity contribution in [3.63, 3.8) is 0 Å². The maximum atomic E-state index is 12.7. The Morgan fingerprint density at radius 3 is 2.78 bits per heavy atom. The van der Waals surface area contributed by atoms with Crippen LogP contribution in [0, 0.1) is 11.3 Å². The number of likely N-dealkylation sites (tertiary alicyclic amines) is 1. The van der Waals surface area contributed by atoms with Gasteiger partial charge in [-0.1, -0.05) is 0 Å². The average molecular weight is 337 g/mol. The van der Waals surface area contributed by atoms with E-state index in [9.17, 15) is 13.2 Å². The van der Waals surface area contributed by atoms with Crippen molar-refractivity contribution in [2.45, 2.75) is 43.1 Å². The minimum atomic E-state index is -3.77. The van der Waals surface area contributed by atoms with Gasteiger partial charge in [-0.15, -0.1) is 0 Å². The molecule has 0 spiro atoms. The van der Waals surface area contributed by atoms with Crippen LogP contribution in [-0.4, -0.2) is 48.3 Å². The zero-order valence-corrected chi connectivity index (χ0v) is 14.1. The van der Waals surface area contributed by atoms with E-state index in [1.807, 2.05) is 6.07 Å². The highest BCUT2D eigenvalue weighted by atomic mass is 32.2. The molecule has 0 radical (unpaired) electrons. The minimum absolute atomic E-state index is 0.0169. The van der Waals surface area contributed by atoms with E-state index < -0.39 is 26.8 Å². The number of aromatic nitrogens is 1. The third-order valence-corrected chi connectivity index (χ3v) is 5.52. The molecule has 1 atom stereocenters. The van der Waals surface area contributed by atoms with E-state index in [4.69, 9.17) is 10.00 Å². The quantitative estimate of drug-likeness (QED) is 0.815. The fraction of sp³-hybridized carbons (Fsp3) is 0.533. The fourth-order valence-electron chi connectivity index (χ4n) is 2.33. The molecule has 0 N–H and O–H groups in total. The molecule has 2 rings (SSSR count). The van der Waals surface area contributed by atoms with Crippen LogP contribution in [0.25, 0.3) is 0 Å². The number of sulfone groups is 1. The molecule has 1 aliphatic heterocycles. The number of hydrogen-bond donors (Lipinski definition) is 0. The van der Waals surface area contributed by atoms with Crippen LogP contribution in [0.15, 0.2) is 23.4 Å². The van der Waals surface area contributed by atoms with Crippen molar-refractivity contribution in [1.82, 2.24) is 9.88 Å². The lowest BCUT2D eigenvalue weighted by atomic mass is 10.2. The Labute approximate surface area is 135 Å². The van der Waals surface area contributed by atoms with Crippen molar-refractivity contribution in [2.75, 3.05) is 13.1 Å². The molecule has 124 valence electrons. The number of nitriles is 1. The van der Waals surface area contributed by atoms with Crippen LogP contribution in [0.3, 0.4) is 0 Å². The fourth-order valence-corrected chi connectivity index (χ4v) is 4.07. The van der Waals surface area contributed by atoms with Crippen LogP contribution in [-0.2, 0) is 14.6 Å². The number of nitrogens with zero attached hydrogens (tertiary/aromatic N) is 3. The molecule has 1 aromatic rings. The highest BCUT2D eigenvalue weighted by Gasteiger charge is 2.39. The summed E-state index contributed by atoms with van der Waals surface area (Å²) in [5, 5.41) is 8.05. The predicted octanol–water partition coefficient (Wildman–Crippen LogP) is 1.74. The minimum Gasteiger partial charge on any atom is -0.444 e. The van der Waals surface area contributed by atoms with Crippen molar-refractivity contribution in [3.8, 4) is 6.07 Å². The Morgan fingerprint density at radius 1 is 1.48 bits per heavy atom. The lowest BCUT2D eigenvalue weighted by Gasteiger charge is -2.24. The molecule has 2 heterocycles. The van der Waals surface area contributed by atoms with Crippen molar-refractivity contribution in [3.05, 3.63) is 23.9 Å². The van der Waals surface area contributed by atoms with Crippen LogP contribution in [0.4, 0.5) is 4.79 Å². The number of amides is 1. The summed E-state index contributed by atoms with van der Waals surface area (Å²) in [6.45, 7) is 5.60. The molecule has 1 amide bonds. The first kappa shape index (κ1) is 17.2. The summed E-state index contributed by atoms with van der Waals surface area (Å²) in [6, 6.07) is 4.77. The van der Waals surface area contributed by atoms with E-state index in [1.54, 1.807) is 20.8 Å². The van der Waals surface area contributed by atoms with Crippen LogP contribution in [0.1, 0.15) is 32.8 Å². The summed E-state index contributed by atoms with van der Waals surface area (Å²) in [4.78, 5) is 17.3. The van der Waals surface area contributed by atoms with Gasteiger partial charge in [0, 0.05) is 19.3 Å². The van der Waals surface area contributed by atoms with Crippen molar-refractivity contribution >= 4 is 15.9 Å². The number of pyridine rings is 1. The summed E-state index contributed by atoms with van der Waals surface area (Å²) in [6.07, 6.45) is 1.11. The molecule has 8 heteroatoms. The Bertz CT molecular complexity index is 747. The largest absolute Gasteiger partial charge is 0.444 e. The standard InChI is InChI=1S/C15H19N3O4S/c1-15(2,3)22-14(19)18-8-6-12(10-18)23(20,21)13-11(9-16)5-4-7-17-13/h4-5,7,12H,6,8,10H2,1-3H3/t12-/m0/s1. The van der Waals surface area contributed by atoms with Gasteiger partial charge >= 0.3 is 6.09 Å². The first-order chi connectivity index (χ1) is 10.6. The van der Waals surface area contributed by atoms with Gasteiger partial charge in [0.1, 0.15) is 11.7 Å². The summed E-state index contributed by atoms with van der Waals surface area (Å²) < 4.78 is 30.6. The van der Waals surface area contributed by atoms with Gasteiger partial charge in [-0.2, -0.15) is 5.26 Å². The van der Waals surface area contributed by atoms with Crippen molar-refractivity contribution < 1.29 is 17.9 Å². The van der Waals surface area contributed by atoms with Gasteiger partial charge in [-0.3, -0.25) is 0 Å². The monoisotopic (exact) mass is 337 g/mol. The third kappa shape index (κ3) is 3.79. The van der Waals surface area contributed by atoms with Gasteiger partial charge in [0.2, 0.25) is 9.84 Å². The summed E-state index contributed by atoms with van der Waals surface area (Å²) in [7, 11) is -3.77. The molecule has 0 aliphatic carbocycles. The van der Waals surface area contributed by atoms with Crippen LogP contribution in [0.5, 0.6) is 0 Å². The normalized spacial score (nSPS) is 18.5. The van der Waals surface area contributed by atoms with E-state index >= 15 is 0 Å². The van der Waals surface area contributed by atoms with Crippen LogP contribution < -0.4 is 0 Å². The smallest absolute Gasteiger partial charge is 0.410 e. The zero-order chi connectivity index (χ0) is 17.3. The summed E-state index contributed by atoms with van der Waals surface area (Å²) in [5.74, 6) is 0. The topological polar surface area (TPSA) is 100 Å². The third-order valence-electron chi connectivity index (χ3n) is 3.40. The first-order valence-electron chi connectivity index (χ1n) is 7.22. The van der Waals surface area contributed by atoms with Gasteiger partial charge < -0.3 is 9.64 Å². The molecule has 7 nitrogen and oxygen atoms in total. The average Bonchev–Trinajstić information content (AvgIpc) is 2.96. The Morgan fingerprint density at radius 2 is 2.17 bits per heavy atom. The Kier molecular flexibility index (Phi) is 4.61. The maximum Gasteiger partial charge on any atom is 0.410 e. The highest BCUT2D eigenvalue weighted by Crippen LogP contribution is 2.25. The predicted molar refractivity (Wildman–Crippen MR) is 82.3 cm³/mol. The number of carbonyl (C=O) groups excluding carboxylic acids is 1. The summed E-state index contributed by atoms with van der Waals surface area (Å²) in [5.41, 5.74) is -0.619. The number of ether oxygens (including phenoxy) is 1. The summed E-state index contributed by atoms with van der Waals surface area (Å²) >= 11 is 0. The molecule has 23 heavy (non-hydrogen) atoms. The molecule has 1 saturated heterocycles. The van der Waals surface area contributed by atoms with Gasteiger partial charge in [0.25, 0.3) is 0 Å². The van der Waals surface area contributed by atoms with E-state index in [1.165, 1.54) is 23.2 Å². The SMILES string of the molecule is CC(C)(C)OC(=O)N1CC[C@H](S(=O)(=O)c2ncccc2C#N)C1. The molecule has 1 aromatic heterocycles. The number of hydrogen-bond acceptors (Lipinski definition) is 6. The Hall–Kier alpha value is -2.14. The second-order valence-electron chi connectivity index (χ2n) is 6.35. The zero-order valence-electron chi connectivity index (χ0n) is 13.3. The molecule has 1 aliphatic rings. The van der Waals surface area contributed by atoms with E-state index in [0.717, 1.165) is 0 Å². The molecule has 1 fully saturated rings. The highest BCUT2D eigenvalue weighted by molar-refractivity contribution is 7.92. The van der Waals surface area contributed by atoms with Crippen LogP contribution in [0.2, 0.25) is 0 Å². The second kappa shape index (κ2) is 6.16. The van der Waals surface area contributed by atoms with Gasteiger partial charge in [-0.25, -0.2) is 18.2 Å². The Balaban J connectivity index is 2.18. The van der Waals surface area contributed by atoms with Gasteiger partial charge in [0.15, 0.2) is 5.03 Å². The maximum absolute atomic E-state index is 12.7. The van der Waals surface area contributed by atoms with Gasteiger partial charge in [-0.05, 0) is 39.3 Å². The van der Waals surface area contributed by atoms with E-state index in [-0.39, 0.29) is 17.1 Å². The van der Waals surface area contributed by atoms with Crippen molar-refractivity contribution in [2.24, 2.45) is 0 Å². The number of rotatable bonds is 2. The molecule has 0 bridgehead atoms. The molecule has 0 saturated carbocycles.